The predicted molar refractivity (Wildman–Crippen MR) is 85.4 cm³/mol. The van der Waals surface area contributed by atoms with E-state index in [4.69, 9.17) is 0 Å². The molecule has 3 fully saturated rings. The SMILES string of the molecule is C[C@]12C=CC(=O)CC1CC[C@@H]1[C@H]2C(O)C[C@]2(C)C(O)C(O)C[C@@H]12. The first-order chi connectivity index (χ1) is 10.8. The number of aliphatic hydroxyl groups excluding tert-OH is 3. The van der Waals surface area contributed by atoms with Crippen LogP contribution in [0.25, 0.3) is 0 Å². The van der Waals surface area contributed by atoms with Gasteiger partial charge in [-0.15, -0.1) is 0 Å². The zero-order chi connectivity index (χ0) is 16.6. The molecule has 23 heavy (non-hydrogen) atoms. The number of hydrogen-bond acceptors (Lipinski definition) is 4. The smallest absolute Gasteiger partial charge is 0.155 e. The van der Waals surface area contributed by atoms with E-state index in [1.807, 2.05) is 13.0 Å². The Labute approximate surface area is 137 Å². The minimum atomic E-state index is -0.739. The van der Waals surface area contributed by atoms with E-state index in [0.717, 1.165) is 12.8 Å². The van der Waals surface area contributed by atoms with Crippen molar-refractivity contribution in [3.05, 3.63) is 12.2 Å². The molecule has 4 unspecified atom stereocenters. The van der Waals surface area contributed by atoms with Crippen LogP contribution in [0.5, 0.6) is 0 Å². The van der Waals surface area contributed by atoms with E-state index in [0.29, 0.717) is 31.1 Å². The summed E-state index contributed by atoms with van der Waals surface area (Å²) in [7, 11) is 0. The Kier molecular flexibility index (Phi) is 3.37. The number of ketones is 1. The van der Waals surface area contributed by atoms with Crippen LogP contribution in [0.1, 0.15) is 46.0 Å². The second-order valence-corrected chi connectivity index (χ2v) is 8.97. The van der Waals surface area contributed by atoms with E-state index in [-0.39, 0.29) is 23.0 Å². The molecule has 0 aromatic rings. The summed E-state index contributed by atoms with van der Waals surface area (Å²) in [6.45, 7) is 4.23. The van der Waals surface area contributed by atoms with Crippen molar-refractivity contribution in [2.24, 2.45) is 34.5 Å². The maximum atomic E-state index is 11.8. The van der Waals surface area contributed by atoms with Crippen molar-refractivity contribution in [3.63, 3.8) is 0 Å². The second kappa shape index (κ2) is 4.90. The topological polar surface area (TPSA) is 77.8 Å². The number of carbonyl (C=O) groups is 1. The average Bonchev–Trinajstić information content (AvgIpc) is 2.71. The standard InChI is InChI=1S/C19H28O4/c1-18-6-5-11(20)7-10(18)3-4-12-13-8-14(21)17(23)19(13,2)9-15(22)16(12)18/h5-6,10,12-17,21-23H,3-4,7-9H2,1-2H3/t10?,12-,13-,14?,15?,16-,17?,18-,19-/m0/s1. The molecule has 128 valence electrons. The van der Waals surface area contributed by atoms with Crippen LogP contribution < -0.4 is 0 Å². The van der Waals surface area contributed by atoms with Crippen molar-refractivity contribution in [2.75, 3.05) is 0 Å². The first kappa shape index (κ1) is 15.8. The third kappa shape index (κ3) is 1.98. The highest BCUT2D eigenvalue weighted by Gasteiger charge is 2.64. The van der Waals surface area contributed by atoms with E-state index in [9.17, 15) is 20.1 Å². The zero-order valence-electron chi connectivity index (χ0n) is 14.0. The first-order valence-electron chi connectivity index (χ1n) is 9.03. The molecule has 3 N–H and O–H groups in total. The summed E-state index contributed by atoms with van der Waals surface area (Å²) >= 11 is 0. The van der Waals surface area contributed by atoms with Crippen LogP contribution in [-0.2, 0) is 4.79 Å². The molecule has 0 saturated heterocycles. The lowest BCUT2D eigenvalue weighted by molar-refractivity contribution is -0.160. The Morgan fingerprint density at radius 3 is 2.61 bits per heavy atom. The number of carbonyl (C=O) groups excluding carboxylic acids is 1. The number of hydrogen-bond donors (Lipinski definition) is 3. The highest BCUT2D eigenvalue weighted by molar-refractivity contribution is 5.91. The molecule has 0 aromatic carbocycles. The summed E-state index contributed by atoms with van der Waals surface area (Å²) in [5, 5.41) is 31.7. The second-order valence-electron chi connectivity index (χ2n) is 8.97. The number of rotatable bonds is 0. The molecule has 0 amide bonds. The number of aliphatic hydroxyl groups is 3. The molecule has 0 bridgehead atoms. The molecule has 0 radical (unpaired) electrons. The molecule has 4 aliphatic rings. The highest BCUT2D eigenvalue weighted by atomic mass is 16.3. The van der Waals surface area contributed by atoms with Crippen molar-refractivity contribution in [2.45, 2.75) is 64.3 Å². The predicted octanol–water partition coefficient (Wildman–Crippen LogP) is 1.68. The van der Waals surface area contributed by atoms with Gasteiger partial charge in [-0.25, -0.2) is 0 Å². The highest BCUT2D eigenvalue weighted by Crippen LogP contribution is 2.65. The van der Waals surface area contributed by atoms with Gasteiger partial charge < -0.3 is 15.3 Å². The van der Waals surface area contributed by atoms with Gasteiger partial charge in [0.05, 0.1) is 18.3 Å². The Bertz CT molecular complexity index is 558. The Hall–Kier alpha value is -0.710. The van der Waals surface area contributed by atoms with Crippen molar-refractivity contribution in [3.8, 4) is 0 Å². The van der Waals surface area contributed by atoms with Gasteiger partial charge in [0.25, 0.3) is 0 Å². The Morgan fingerprint density at radius 1 is 1.13 bits per heavy atom. The van der Waals surface area contributed by atoms with Crippen LogP contribution in [0, 0.1) is 34.5 Å². The lowest BCUT2D eigenvalue weighted by Gasteiger charge is -2.60. The molecule has 0 aromatic heterocycles. The zero-order valence-corrected chi connectivity index (χ0v) is 14.0. The summed E-state index contributed by atoms with van der Waals surface area (Å²) in [6, 6.07) is 0. The summed E-state index contributed by atoms with van der Waals surface area (Å²) in [5.74, 6) is 1.21. The van der Waals surface area contributed by atoms with Gasteiger partial charge in [0, 0.05) is 11.8 Å². The van der Waals surface area contributed by atoms with Gasteiger partial charge in [0.15, 0.2) is 5.78 Å². The van der Waals surface area contributed by atoms with Crippen molar-refractivity contribution in [1.82, 2.24) is 0 Å². The maximum Gasteiger partial charge on any atom is 0.155 e. The van der Waals surface area contributed by atoms with Gasteiger partial charge in [-0.2, -0.15) is 0 Å². The van der Waals surface area contributed by atoms with E-state index in [1.54, 1.807) is 6.08 Å². The van der Waals surface area contributed by atoms with Crippen LogP contribution in [0.2, 0.25) is 0 Å². The number of allylic oxidation sites excluding steroid dienone is 2. The van der Waals surface area contributed by atoms with Crippen LogP contribution >= 0.6 is 0 Å². The molecular formula is C19H28O4. The molecule has 4 rings (SSSR count). The molecule has 3 saturated carbocycles. The number of fused-ring (bicyclic) bond motifs is 5. The van der Waals surface area contributed by atoms with Gasteiger partial charge in [0.1, 0.15) is 0 Å². The van der Waals surface area contributed by atoms with E-state index in [2.05, 4.69) is 6.92 Å². The third-order valence-electron chi connectivity index (χ3n) is 7.95. The summed E-state index contributed by atoms with van der Waals surface area (Å²) in [4.78, 5) is 11.8. The van der Waals surface area contributed by atoms with Crippen LogP contribution in [0.15, 0.2) is 12.2 Å². The summed E-state index contributed by atoms with van der Waals surface area (Å²) in [5.41, 5.74) is -0.534. The molecular weight excluding hydrogens is 292 g/mol. The molecule has 0 heterocycles. The van der Waals surface area contributed by atoms with Gasteiger partial charge in [-0.3, -0.25) is 4.79 Å². The van der Waals surface area contributed by atoms with Gasteiger partial charge in [0.2, 0.25) is 0 Å². The Balaban J connectivity index is 1.74. The molecule has 9 atom stereocenters. The van der Waals surface area contributed by atoms with Crippen molar-refractivity contribution < 1.29 is 20.1 Å². The van der Waals surface area contributed by atoms with Gasteiger partial charge in [-0.05, 0) is 60.8 Å². The fraction of sp³-hybridized carbons (Fsp3) is 0.842. The van der Waals surface area contributed by atoms with E-state index >= 15 is 0 Å². The van der Waals surface area contributed by atoms with Crippen LogP contribution in [0.4, 0.5) is 0 Å². The van der Waals surface area contributed by atoms with Gasteiger partial charge in [-0.1, -0.05) is 19.9 Å². The van der Waals surface area contributed by atoms with E-state index < -0.39 is 23.7 Å². The minimum Gasteiger partial charge on any atom is -0.393 e. The van der Waals surface area contributed by atoms with Crippen LogP contribution in [0.3, 0.4) is 0 Å². The molecule has 0 aliphatic heterocycles. The lowest BCUT2D eigenvalue weighted by atomic mass is 9.45. The lowest BCUT2D eigenvalue weighted by Crippen LogP contribution is -2.58. The molecule has 4 aliphatic carbocycles. The minimum absolute atomic E-state index is 0.126. The maximum absolute atomic E-state index is 11.8. The molecule has 0 spiro atoms. The van der Waals surface area contributed by atoms with E-state index in [1.165, 1.54) is 0 Å². The normalized spacial score (nSPS) is 58.5. The van der Waals surface area contributed by atoms with Crippen molar-refractivity contribution >= 4 is 5.78 Å². The molecule has 4 heteroatoms. The quantitative estimate of drug-likeness (QED) is 0.634. The Morgan fingerprint density at radius 2 is 1.87 bits per heavy atom. The van der Waals surface area contributed by atoms with Crippen LogP contribution in [-0.4, -0.2) is 39.4 Å². The monoisotopic (exact) mass is 320 g/mol. The fourth-order valence-electron chi connectivity index (χ4n) is 6.75. The fourth-order valence-corrected chi connectivity index (χ4v) is 6.75. The largest absolute Gasteiger partial charge is 0.393 e. The summed E-state index contributed by atoms with van der Waals surface area (Å²) < 4.78 is 0. The average molecular weight is 320 g/mol. The van der Waals surface area contributed by atoms with Gasteiger partial charge >= 0.3 is 0 Å². The first-order valence-corrected chi connectivity index (χ1v) is 9.03. The van der Waals surface area contributed by atoms with Crippen molar-refractivity contribution in [1.29, 1.82) is 0 Å². The molecule has 4 nitrogen and oxygen atoms in total. The summed E-state index contributed by atoms with van der Waals surface area (Å²) in [6.07, 6.45) is 5.62. The third-order valence-corrected chi connectivity index (χ3v) is 7.95.